The van der Waals surface area contributed by atoms with Crippen molar-refractivity contribution in [3.05, 3.63) is 29.3 Å². The van der Waals surface area contributed by atoms with E-state index in [1.54, 1.807) is 0 Å². The summed E-state index contributed by atoms with van der Waals surface area (Å²) in [7, 11) is 0. The zero-order chi connectivity index (χ0) is 21.8. The van der Waals surface area contributed by atoms with Gasteiger partial charge in [0.15, 0.2) is 0 Å². The minimum Gasteiger partial charge on any atom is -0.462 e. The van der Waals surface area contributed by atoms with Crippen molar-refractivity contribution in [1.29, 1.82) is 0 Å². The van der Waals surface area contributed by atoms with Gasteiger partial charge in [-0.05, 0) is 38.7 Å². The fourth-order valence-corrected chi connectivity index (χ4v) is 5.98. The topological polar surface area (TPSA) is 34.2 Å². The first kappa shape index (κ1) is 22.6. The highest BCUT2D eigenvalue weighted by Gasteiger charge is 2.42. The van der Waals surface area contributed by atoms with Crippen molar-refractivity contribution in [2.45, 2.75) is 95.6 Å². The molecule has 4 fully saturated rings. The van der Waals surface area contributed by atoms with E-state index in [1.165, 1.54) is 75.6 Å². The zero-order valence-electron chi connectivity index (χ0n) is 20.0. The summed E-state index contributed by atoms with van der Waals surface area (Å²) >= 11 is 0. The van der Waals surface area contributed by atoms with E-state index in [4.69, 9.17) is 14.2 Å². The summed E-state index contributed by atoms with van der Waals surface area (Å²) in [6.45, 7) is 9.29. The number of likely N-dealkylation sites (tertiary alicyclic amines) is 1. The van der Waals surface area contributed by atoms with E-state index in [0.717, 1.165) is 57.0 Å². The first-order valence-electron chi connectivity index (χ1n) is 13.2. The predicted molar refractivity (Wildman–Crippen MR) is 127 cm³/mol. The van der Waals surface area contributed by atoms with Gasteiger partial charge in [0.1, 0.15) is 5.75 Å². The van der Waals surface area contributed by atoms with Crippen molar-refractivity contribution in [2.24, 2.45) is 0 Å². The second-order valence-electron chi connectivity index (χ2n) is 10.5. The summed E-state index contributed by atoms with van der Waals surface area (Å²) in [5.41, 5.74) is 2.46. The molecule has 5 heteroatoms. The SMILES string of the molecule is C1CCC(N2CCOCC2)CC1.Cc1ccc2c(c1)COC1(CCN(C3CCC3)CC1)O2. The predicted octanol–water partition coefficient (Wildman–Crippen LogP) is 4.90. The summed E-state index contributed by atoms with van der Waals surface area (Å²) in [5.74, 6) is 0.668. The second-order valence-corrected chi connectivity index (χ2v) is 10.5. The van der Waals surface area contributed by atoms with Crippen LogP contribution in [0.1, 0.15) is 75.3 Å². The Bertz CT molecular complexity index is 714. The fourth-order valence-electron chi connectivity index (χ4n) is 5.98. The van der Waals surface area contributed by atoms with Gasteiger partial charge in [0.2, 0.25) is 5.79 Å². The van der Waals surface area contributed by atoms with Crippen LogP contribution in [-0.4, -0.2) is 67.1 Å². The van der Waals surface area contributed by atoms with Gasteiger partial charge < -0.3 is 14.2 Å². The van der Waals surface area contributed by atoms with Gasteiger partial charge >= 0.3 is 0 Å². The molecule has 0 atom stereocenters. The van der Waals surface area contributed by atoms with Gasteiger partial charge in [-0.1, -0.05) is 43.4 Å². The van der Waals surface area contributed by atoms with E-state index < -0.39 is 0 Å². The Kier molecular flexibility index (Phi) is 7.37. The summed E-state index contributed by atoms with van der Waals surface area (Å²) in [6.07, 6.45) is 13.4. The molecule has 2 saturated carbocycles. The van der Waals surface area contributed by atoms with Crippen LogP contribution >= 0.6 is 0 Å². The molecule has 1 aromatic carbocycles. The molecule has 5 nitrogen and oxygen atoms in total. The van der Waals surface area contributed by atoms with E-state index in [1.807, 2.05) is 0 Å². The van der Waals surface area contributed by atoms with Crippen molar-refractivity contribution < 1.29 is 14.2 Å². The number of rotatable bonds is 2. The highest BCUT2D eigenvalue weighted by Crippen LogP contribution is 2.39. The molecule has 3 heterocycles. The van der Waals surface area contributed by atoms with Gasteiger partial charge in [0.25, 0.3) is 0 Å². The van der Waals surface area contributed by atoms with Gasteiger partial charge in [0.05, 0.1) is 19.8 Å². The molecule has 2 aliphatic carbocycles. The van der Waals surface area contributed by atoms with Crippen molar-refractivity contribution in [3.8, 4) is 5.75 Å². The van der Waals surface area contributed by atoms with Gasteiger partial charge in [-0.15, -0.1) is 0 Å². The number of piperidine rings is 1. The molecule has 6 rings (SSSR count). The molecule has 32 heavy (non-hydrogen) atoms. The smallest absolute Gasteiger partial charge is 0.213 e. The highest BCUT2D eigenvalue weighted by atomic mass is 16.7. The summed E-state index contributed by atoms with van der Waals surface area (Å²) in [4.78, 5) is 5.26. The largest absolute Gasteiger partial charge is 0.462 e. The fraction of sp³-hybridized carbons (Fsp3) is 0.778. The van der Waals surface area contributed by atoms with Gasteiger partial charge in [-0.25, -0.2) is 0 Å². The lowest BCUT2D eigenvalue weighted by Gasteiger charge is -2.47. The first-order chi connectivity index (χ1) is 15.7. The average molecular weight is 443 g/mol. The Morgan fingerprint density at radius 1 is 0.812 bits per heavy atom. The van der Waals surface area contributed by atoms with Gasteiger partial charge in [0, 0.05) is 56.7 Å². The van der Waals surface area contributed by atoms with Crippen LogP contribution in [0, 0.1) is 6.92 Å². The average Bonchev–Trinajstić information content (AvgIpc) is 2.81. The second kappa shape index (κ2) is 10.4. The first-order valence-corrected chi connectivity index (χ1v) is 13.2. The zero-order valence-corrected chi connectivity index (χ0v) is 20.0. The minimum absolute atomic E-state index is 0.359. The lowest BCUT2D eigenvalue weighted by Crippen LogP contribution is -2.54. The molecule has 0 amide bonds. The molecule has 178 valence electrons. The van der Waals surface area contributed by atoms with Crippen molar-refractivity contribution in [3.63, 3.8) is 0 Å². The number of hydrogen-bond donors (Lipinski definition) is 0. The molecule has 0 bridgehead atoms. The molecule has 0 N–H and O–H groups in total. The maximum Gasteiger partial charge on any atom is 0.213 e. The molecule has 0 radical (unpaired) electrons. The third-order valence-electron chi connectivity index (χ3n) is 8.29. The van der Waals surface area contributed by atoms with E-state index >= 15 is 0 Å². The Labute approximate surface area is 194 Å². The van der Waals surface area contributed by atoms with Crippen LogP contribution in [0.2, 0.25) is 0 Å². The van der Waals surface area contributed by atoms with E-state index in [-0.39, 0.29) is 5.79 Å². The number of hydrogen-bond acceptors (Lipinski definition) is 5. The molecule has 3 aliphatic heterocycles. The van der Waals surface area contributed by atoms with Crippen LogP contribution in [0.3, 0.4) is 0 Å². The third kappa shape index (κ3) is 5.32. The number of ether oxygens (including phenoxy) is 3. The number of aryl methyl sites for hydroxylation is 1. The monoisotopic (exact) mass is 442 g/mol. The van der Waals surface area contributed by atoms with Gasteiger partial charge in [-0.3, -0.25) is 9.80 Å². The number of morpholine rings is 1. The molecular formula is C27H42N2O3. The highest BCUT2D eigenvalue weighted by molar-refractivity contribution is 5.37. The third-order valence-corrected chi connectivity index (χ3v) is 8.29. The van der Waals surface area contributed by atoms with Crippen LogP contribution in [0.4, 0.5) is 0 Å². The Morgan fingerprint density at radius 2 is 1.47 bits per heavy atom. The van der Waals surface area contributed by atoms with Crippen LogP contribution < -0.4 is 4.74 Å². The van der Waals surface area contributed by atoms with Crippen LogP contribution in [-0.2, 0) is 16.1 Å². The standard InChI is InChI=1S/C17H23NO2.C10H19NO/c1-13-5-6-16-14(11-13)12-19-17(20-16)7-9-18(10-8-17)15-3-2-4-15;1-2-4-10(5-3-1)11-6-8-12-9-7-11/h5-6,11,15H,2-4,7-10,12H2,1H3;10H,1-9H2. The van der Waals surface area contributed by atoms with Gasteiger partial charge in [-0.2, -0.15) is 0 Å². The van der Waals surface area contributed by atoms with E-state index in [9.17, 15) is 0 Å². The van der Waals surface area contributed by atoms with E-state index in [0.29, 0.717) is 6.61 Å². The molecule has 1 spiro atoms. The Morgan fingerprint density at radius 3 is 2.12 bits per heavy atom. The molecule has 1 aromatic rings. The maximum atomic E-state index is 6.25. The number of nitrogens with zero attached hydrogens (tertiary/aromatic N) is 2. The normalized spacial score (nSPS) is 27.0. The van der Waals surface area contributed by atoms with Crippen LogP contribution in [0.25, 0.3) is 0 Å². The number of benzene rings is 1. The van der Waals surface area contributed by atoms with Crippen molar-refractivity contribution in [1.82, 2.24) is 9.80 Å². The summed E-state index contributed by atoms with van der Waals surface area (Å²) in [5, 5.41) is 0. The lowest BCUT2D eigenvalue weighted by atomic mass is 9.89. The Balaban J connectivity index is 0.000000154. The van der Waals surface area contributed by atoms with E-state index in [2.05, 4.69) is 34.9 Å². The minimum atomic E-state index is -0.359. The lowest BCUT2D eigenvalue weighted by molar-refractivity contribution is -0.231. The van der Waals surface area contributed by atoms with Crippen LogP contribution in [0.5, 0.6) is 5.75 Å². The molecule has 2 saturated heterocycles. The Hall–Kier alpha value is -1.14. The molecule has 0 aromatic heterocycles. The molecular weight excluding hydrogens is 400 g/mol. The summed E-state index contributed by atoms with van der Waals surface area (Å²) < 4.78 is 17.7. The maximum absolute atomic E-state index is 6.25. The van der Waals surface area contributed by atoms with Crippen molar-refractivity contribution in [2.75, 3.05) is 39.4 Å². The summed E-state index contributed by atoms with van der Waals surface area (Å²) in [6, 6.07) is 8.13. The molecule has 5 aliphatic rings. The number of fused-ring (bicyclic) bond motifs is 1. The van der Waals surface area contributed by atoms with Crippen LogP contribution in [0.15, 0.2) is 18.2 Å². The van der Waals surface area contributed by atoms with Crippen molar-refractivity contribution >= 4 is 0 Å². The quantitative estimate of drug-likeness (QED) is 0.651. The molecule has 0 unspecified atom stereocenters.